The second kappa shape index (κ2) is 6.77. The van der Waals surface area contributed by atoms with Gasteiger partial charge in [0.15, 0.2) is 0 Å². The van der Waals surface area contributed by atoms with Crippen molar-refractivity contribution < 1.29 is 14.5 Å². The van der Waals surface area contributed by atoms with Gasteiger partial charge in [0.05, 0.1) is 6.61 Å². The molecule has 0 unspecified atom stereocenters. The predicted octanol–water partition coefficient (Wildman–Crippen LogP) is 1.15. The lowest BCUT2D eigenvalue weighted by atomic mass is 9.75. The minimum absolute atomic E-state index is 0.00913. The number of fused-ring (bicyclic) bond motifs is 1. The zero-order chi connectivity index (χ0) is 15.4. The van der Waals surface area contributed by atoms with Gasteiger partial charge < -0.3 is 15.0 Å². The first-order valence-corrected chi connectivity index (χ1v) is 7.45. The van der Waals surface area contributed by atoms with Crippen LogP contribution in [-0.2, 0) is 29.0 Å². The summed E-state index contributed by atoms with van der Waals surface area (Å²) in [5.41, 5.74) is 3.91. The summed E-state index contributed by atoms with van der Waals surface area (Å²) in [5.74, 6) is 0.00913. The molecule has 0 aromatic heterocycles. The van der Waals surface area contributed by atoms with Gasteiger partial charge in [-0.05, 0) is 28.6 Å². The third-order valence-corrected chi connectivity index (χ3v) is 3.88. The van der Waals surface area contributed by atoms with E-state index in [1.807, 2.05) is 48.5 Å². The number of hydrogen-bond acceptors (Lipinski definition) is 3. The van der Waals surface area contributed by atoms with E-state index in [9.17, 15) is 9.82 Å². The van der Waals surface area contributed by atoms with Crippen LogP contribution >= 0.6 is 0 Å². The number of nitrogens with one attached hydrogen (secondary N) is 1. The van der Waals surface area contributed by atoms with E-state index in [0.29, 0.717) is 26.0 Å². The predicted molar refractivity (Wildman–Crippen MR) is 85.4 cm³/mol. The van der Waals surface area contributed by atoms with Gasteiger partial charge >= 0.3 is 7.12 Å². The number of amides is 1. The van der Waals surface area contributed by atoms with Crippen LogP contribution in [0.3, 0.4) is 0 Å². The largest absolute Gasteiger partial charge is 0.492 e. The van der Waals surface area contributed by atoms with Crippen molar-refractivity contribution in [1.82, 2.24) is 5.32 Å². The van der Waals surface area contributed by atoms with Gasteiger partial charge in [0.1, 0.15) is 0 Å². The van der Waals surface area contributed by atoms with Crippen molar-refractivity contribution in [3.8, 4) is 0 Å². The molecule has 112 valence electrons. The molecule has 1 aliphatic rings. The molecule has 5 heteroatoms. The van der Waals surface area contributed by atoms with E-state index in [1.165, 1.54) is 0 Å². The van der Waals surface area contributed by atoms with Crippen molar-refractivity contribution in [2.45, 2.75) is 26.0 Å². The molecule has 2 aromatic carbocycles. The van der Waals surface area contributed by atoms with Crippen LogP contribution in [0.2, 0.25) is 0 Å². The lowest BCUT2D eigenvalue weighted by molar-refractivity contribution is -0.121. The summed E-state index contributed by atoms with van der Waals surface area (Å²) in [5, 5.41) is 12.8. The molecule has 1 heterocycles. The quantitative estimate of drug-likeness (QED) is 0.814. The van der Waals surface area contributed by atoms with Crippen LogP contribution in [0, 0.1) is 0 Å². The first-order chi connectivity index (χ1) is 10.7. The van der Waals surface area contributed by atoms with Crippen molar-refractivity contribution in [3.05, 3.63) is 65.2 Å². The Kier molecular flexibility index (Phi) is 4.56. The van der Waals surface area contributed by atoms with Crippen molar-refractivity contribution in [1.29, 1.82) is 0 Å². The first-order valence-electron chi connectivity index (χ1n) is 7.45. The molecule has 0 saturated carbocycles. The molecule has 2 aromatic rings. The third-order valence-electron chi connectivity index (χ3n) is 3.88. The highest BCUT2D eigenvalue weighted by Crippen LogP contribution is 2.14. The van der Waals surface area contributed by atoms with Gasteiger partial charge in [0.2, 0.25) is 5.91 Å². The topological polar surface area (TPSA) is 58.6 Å². The highest BCUT2D eigenvalue weighted by atomic mass is 16.5. The van der Waals surface area contributed by atoms with Gasteiger partial charge in [-0.2, -0.15) is 0 Å². The summed E-state index contributed by atoms with van der Waals surface area (Å²) < 4.78 is 5.23. The van der Waals surface area contributed by atoms with Crippen LogP contribution in [0.15, 0.2) is 48.5 Å². The Morgan fingerprint density at radius 3 is 2.82 bits per heavy atom. The smallest absolute Gasteiger partial charge is 0.423 e. The van der Waals surface area contributed by atoms with Crippen molar-refractivity contribution in [2.24, 2.45) is 0 Å². The Bertz CT molecular complexity index is 660. The molecule has 2 N–H and O–H groups in total. The van der Waals surface area contributed by atoms with E-state index in [1.54, 1.807) is 0 Å². The van der Waals surface area contributed by atoms with Gasteiger partial charge in [0, 0.05) is 13.0 Å². The molecule has 0 bridgehead atoms. The molecule has 0 fully saturated rings. The number of rotatable bonds is 5. The van der Waals surface area contributed by atoms with E-state index >= 15 is 0 Å². The lowest BCUT2D eigenvalue weighted by Gasteiger charge is -2.09. The molecular weight excluding hydrogens is 277 g/mol. The summed E-state index contributed by atoms with van der Waals surface area (Å²) in [7, 11) is -0.862. The third kappa shape index (κ3) is 3.38. The monoisotopic (exact) mass is 295 g/mol. The maximum Gasteiger partial charge on any atom is 0.492 e. The molecule has 3 rings (SSSR count). The second-order valence-electron chi connectivity index (χ2n) is 5.42. The lowest BCUT2D eigenvalue weighted by Crippen LogP contribution is -2.32. The normalized spacial score (nSPS) is 13.0. The first kappa shape index (κ1) is 14.8. The van der Waals surface area contributed by atoms with E-state index in [4.69, 9.17) is 4.65 Å². The highest BCUT2D eigenvalue weighted by molar-refractivity contribution is 6.62. The Morgan fingerprint density at radius 1 is 1.18 bits per heavy atom. The van der Waals surface area contributed by atoms with E-state index < -0.39 is 7.12 Å². The zero-order valence-corrected chi connectivity index (χ0v) is 12.3. The fourth-order valence-electron chi connectivity index (χ4n) is 2.71. The standard InChI is InChI=1S/C17H18BNO3/c20-16(19-11-13-5-2-1-3-6-13)10-9-14-7-4-8-15-12-22-18(21)17(14)15/h1-8,21H,9-12H2,(H,19,20). The maximum atomic E-state index is 12.0. The fraction of sp³-hybridized carbons (Fsp3) is 0.235. The van der Waals surface area contributed by atoms with Gasteiger partial charge in [-0.3, -0.25) is 4.79 Å². The Morgan fingerprint density at radius 2 is 2.00 bits per heavy atom. The molecule has 0 aliphatic carbocycles. The molecule has 0 saturated heterocycles. The average Bonchev–Trinajstić information content (AvgIpc) is 2.94. The number of aryl methyl sites for hydroxylation is 1. The van der Waals surface area contributed by atoms with Crippen molar-refractivity contribution >= 4 is 18.5 Å². The van der Waals surface area contributed by atoms with Crippen LogP contribution < -0.4 is 10.8 Å². The van der Waals surface area contributed by atoms with Crippen molar-refractivity contribution in [2.75, 3.05) is 0 Å². The second-order valence-corrected chi connectivity index (χ2v) is 5.42. The van der Waals surface area contributed by atoms with Crippen LogP contribution in [0.5, 0.6) is 0 Å². The zero-order valence-electron chi connectivity index (χ0n) is 12.3. The van der Waals surface area contributed by atoms with Crippen LogP contribution in [0.4, 0.5) is 0 Å². The Labute approximate surface area is 130 Å². The molecule has 4 nitrogen and oxygen atoms in total. The summed E-state index contributed by atoms with van der Waals surface area (Å²) in [6.07, 6.45) is 1.00. The minimum Gasteiger partial charge on any atom is -0.423 e. The molecule has 22 heavy (non-hydrogen) atoms. The molecule has 0 radical (unpaired) electrons. The minimum atomic E-state index is -0.862. The summed E-state index contributed by atoms with van der Waals surface area (Å²) in [6, 6.07) is 15.7. The van der Waals surface area contributed by atoms with Gasteiger partial charge in [0.25, 0.3) is 0 Å². The van der Waals surface area contributed by atoms with Gasteiger partial charge in [-0.25, -0.2) is 0 Å². The summed E-state index contributed by atoms with van der Waals surface area (Å²) >= 11 is 0. The fourth-order valence-corrected chi connectivity index (χ4v) is 2.71. The van der Waals surface area contributed by atoms with Gasteiger partial charge in [-0.15, -0.1) is 0 Å². The Hall–Kier alpha value is -2.11. The molecule has 1 aliphatic heterocycles. The van der Waals surface area contributed by atoms with Crippen LogP contribution in [0.25, 0.3) is 0 Å². The van der Waals surface area contributed by atoms with E-state index in [2.05, 4.69) is 5.32 Å². The molecular formula is C17H18BNO3. The Balaban J connectivity index is 1.55. The average molecular weight is 295 g/mol. The highest BCUT2D eigenvalue weighted by Gasteiger charge is 2.29. The van der Waals surface area contributed by atoms with Crippen LogP contribution in [0.1, 0.15) is 23.1 Å². The summed E-state index contributed by atoms with van der Waals surface area (Å²) in [4.78, 5) is 12.0. The molecule has 0 atom stereocenters. The number of carbonyl (C=O) groups excluding carboxylic acids is 1. The SMILES string of the molecule is O=C(CCc1cccc2c1B(O)OC2)NCc1ccccc1. The number of benzene rings is 2. The summed E-state index contributed by atoms with van der Waals surface area (Å²) in [6.45, 7) is 0.975. The van der Waals surface area contributed by atoms with E-state index in [-0.39, 0.29) is 5.91 Å². The molecule has 0 spiro atoms. The van der Waals surface area contributed by atoms with E-state index in [0.717, 1.165) is 22.2 Å². The number of carbonyl (C=O) groups is 1. The van der Waals surface area contributed by atoms with Crippen molar-refractivity contribution in [3.63, 3.8) is 0 Å². The van der Waals surface area contributed by atoms with Crippen LogP contribution in [-0.4, -0.2) is 18.0 Å². The van der Waals surface area contributed by atoms with Gasteiger partial charge in [-0.1, -0.05) is 48.5 Å². The maximum absolute atomic E-state index is 12.0. The number of hydrogen-bond donors (Lipinski definition) is 2. The molecule has 1 amide bonds.